The molecular formula is C11H13N5. The van der Waals surface area contributed by atoms with E-state index in [-0.39, 0.29) is 0 Å². The second-order valence-corrected chi connectivity index (χ2v) is 4.15. The highest BCUT2D eigenvalue weighted by atomic mass is 15.4. The Labute approximate surface area is 93.9 Å². The molecule has 0 amide bonds. The number of nitrogens with one attached hydrogen (secondary N) is 1. The maximum atomic E-state index is 5.44. The van der Waals surface area contributed by atoms with Crippen LogP contribution in [-0.2, 0) is 0 Å². The van der Waals surface area contributed by atoms with Gasteiger partial charge in [0.05, 0.1) is 5.54 Å². The fraction of sp³-hybridized carbons (Fsp3) is 0.364. The lowest BCUT2D eigenvalue weighted by Gasteiger charge is -2.21. The van der Waals surface area contributed by atoms with Crippen LogP contribution < -0.4 is 5.32 Å². The van der Waals surface area contributed by atoms with Crippen LogP contribution in [0.4, 0.5) is 5.82 Å². The molecule has 16 heavy (non-hydrogen) atoms. The molecule has 82 valence electrons. The van der Waals surface area contributed by atoms with E-state index < -0.39 is 5.54 Å². The summed E-state index contributed by atoms with van der Waals surface area (Å²) in [6, 6.07) is 1.89. The van der Waals surface area contributed by atoms with Crippen molar-refractivity contribution in [3.05, 3.63) is 18.1 Å². The van der Waals surface area contributed by atoms with Gasteiger partial charge in [-0.3, -0.25) is 0 Å². The summed E-state index contributed by atoms with van der Waals surface area (Å²) in [5.74, 6) is 4.03. The maximum Gasteiger partial charge on any atom is 0.254 e. The molecule has 0 aliphatic carbocycles. The van der Waals surface area contributed by atoms with Gasteiger partial charge in [0.1, 0.15) is 12.1 Å². The number of hydrogen-bond acceptors (Lipinski definition) is 4. The van der Waals surface area contributed by atoms with Gasteiger partial charge in [-0.05, 0) is 20.8 Å². The van der Waals surface area contributed by atoms with Crippen molar-refractivity contribution in [1.29, 1.82) is 0 Å². The Morgan fingerprint density at radius 1 is 1.50 bits per heavy atom. The lowest BCUT2D eigenvalue weighted by atomic mass is 10.1. The highest BCUT2D eigenvalue weighted by Crippen LogP contribution is 2.15. The van der Waals surface area contributed by atoms with Crippen LogP contribution in [-0.4, -0.2) is 25.1 Å². The van der Waals surface area contributed by atoms with Crippen molar-refractivity contribution < 1.29 is 0 Å². The Morgan fingerprint density at radius 2 is 2.25 bits per heavy atom. The van der Waals surface area contributed by atoms with Crippen molar-refractivity contribution in [2.75, 3.05) is 5.32 Å². The molecule has 2 aromatic rings. The summed E-state index contributed by atoms with van der Waals surface area (Å²) in [6.45, 7) is 5.75. The van der Waals surface area contributed by atoms with E-state index in [0.717, 1.165) is 11.5 Å². The first-order chi connectivity index (χ1) is 7.52. The predicted molar refractivity (Wildman–Crippen MR) is 62.1 cm³/mol. The quantitative estimate of drug-likeness (QED) is 0.766. The van der Waals surface area contributed by atoms with Crippen molar-refractivity contribution in [3.8, 4) is 12.3 Å². The molecule has 0 radical (unpaired) electrons. The number of rotatable bonds is 2. The summed E-state index contributed by atoms with van der Waals surface area (Å²) in [5.41, 5.74) is 0.433. The Balaban J connectivity index is 2.52. The minimum Gasteiger partial charge on any atom is -0.354 e. The van der Waals surface area contributed by atoms with E-state index in [1.165, 1.54) is 6.33 Å². The fourth-order valence-corrected chi connectivity index (χ4v) is 1.38. The van der Waals surface area contributed by atoms with E-state index in [1.807, 2.05) is 26.8 Å². The van der Waals surface area contributed by atoms with Crippen LogP contribution in [0.15, 0.2) is 12.4 Å². The average molecular weight is 215 g/mol. The number of fused-ring (bicyclic) bond motifs is 1. The molecular weight excluding hydrogens is 202 g/mol. The number of terminal acetylenes is 1. The van der Waals surface area contributed by atoms with Gasteiger partial charge in [0.25, 0.3) is 5.78 Å². The number of anilines is 1. The molecule has 0 fully saturated rings. The van der Waals surface area contributed by atoms with Crippen LogP contribution in [0, 0.1) is 19.3 Å². The number of nitrogens with zero attached hydrogens (tertiary/aromatic N) is 4. The van der Waals surface area contributed by atoms with Gasteiger partial charge < -0.3 is 5.32 Å². The van der Waals surface area contributed by atoms with Gasteiger partial charge in [-0.15, -0.1) is 6.42 Å². The van der Waals surface area contributed by atoms with E-state index in [9.17, 15) is 0 Å². The van der Waals surface area contributed by atoms with E-state index in [4.69, 9.17) is 6.42 Å². The van der Waals surface area contributed by atoms with Crippen LogP contribution in [0.2, 0.25) is 0 Å². The SMILES string of the molecule is C#CC(C)(C)Nc1cc(C)nc2ncnn12. The molecule has 0 aliphatic heterocycles. The molecule has 2 rings (SSSR count). The van der Waals surface area contributed by atoms with Crippen molar-refractivity contribution in [3.63, 3.8) is 0 Å². The van der Waals surface area contributed by atoms with Gasteiger partial charge in [-0.25, -0.2) is 4.98 Å². The van der Waals surface area contributed by atoms with E-state index in [1.54, 1.807) is 4.52 Å². The fourth-order valence-electron chi connectivity index (χ4n) is 1.38. The predicted octanol–water partition coefficient (Wildman–Crippen LogP) is 1.26. The zero-order valence-corrected chi connectivity index (χ0v) is 9.52. The molecule has 0 saturated carbocycles. The highest BCUT2D eigenvalue weighted by Gasteiger charge is 2.16. The molecule has 0 saturated heterocycles. The minimum atomic E-state index is -0.438. The lowest BCUT2D eigenvalue weighted by molar-refractivity contribution is 0.724. The van der Waals surface area contributed by atoms with E-state index >= 15 is 0 Å². The zero-order chi connectivity index (χ0) is 11.8. The highest BCUT2D eigenvalue weighted by molar-refractivity contribution is 5.48. The lowest BCUT2D eigenvalue weighted by Crippen LogP contribution is -2.29. The van der Waals surface area contributed by atoms with E-state index in [0.29, 0.717) is 5.78 Å². The van der Waals surface area contributed by atoms with E-state index in [2.05, 4.69) is 26.3 Å². The third kappa shape index (κ3) is 1.82. The number of aryl methyl sites for hydroxylation is 1. The van der Waals surface area contributed by atoms with Gasteiger partial charge in [0.2, 0.25) is 0 Å². The van der Waals surface area contributed by atoms with Gasteiger partial charge in [-0.1, -0.05) is 5.92 Å². The molecule has 0 aromatic carbocycles. The summed E-state index contributed by atoms with van der Waals surface area (Å²) in [7, 11) is 0. The summed E-state index contributed by atoms with van der Waals surface area (Å²) >= 11 is 0. The normalized spacial score (nSPS) is 11.4. The molecule has 1 N–H and O–H groups in total. The first kappa shape index (κ1) is 10.4. The second kappa shape index (κ2) is 3.49. The third-order valence-electron chi connectivity index (χ3n) is 2.18. The Hall–Kier alpha value is -2.09. The molecule has 0 unspecified atom stereocenters. The number of hydrogen-bond donors (Lipinski definition) is 1. The van der Waals surface area contributed by atoms with Crippen molar-refractivity contribution in [1.82, 2.24) is 19.6 Å². The summed E-state index contributed by atoms with van der Waals surface area (Å²) in [4.78, 5) is 8.29. The van der Waals surface area contributed by atoms with Crippen molar-refractivity contribution in [2.24, 2.45) is 0 Å². The largest absolute Gasteiger partial charge is 0.354 e. The van der Waals surface area contributed by atoms with Gasteiger partial charge in [0.15, 0.2) is 0 Å². The maximum absolute atomic E-state index is 5.44. The van der Waals surface area contributed by atoms with Crippen LogP contribution in [0.1, 0.15) is 19.5 Å². The second-order valence-electron chi connectivity index (χ2n) is 4.15. The molecule has 0 aliphatic rings. The van der Waals surface area contributed by atoms with Gasteiger partial charge >= 0.3 is 0 Å². The van der Waals surface area contributed by atoms with Crippen LogP contribution in [0.3, 0.4) is 0 Å². The Kier molecular flexibility index (Phi) is 2.27. The third-order valence-corrected chi connectivity index (χ3v) is 2.18. The molecule has 5 heteroatoms. The van der Waals surface area contributed by atoms with Crippen LogP contribution in [0.5, 0.6) is 0 Å². The monoisotopic (exact) mass is 215 g/mol. The molecule has 5 nitrogen and oxygen atoms in total. The Bertz CT molecular complexity index is 561. The molecule has 2 aromatic heterocycles. The molecule has 0 atom stereocenters. The first-order valence-corrected chi connectivity index (χ1v) is 4.95. The molecule has 2 heterocycles. The summed E-state index contributed by atoms with van der Waals surface area (Å²) < 4.78 is 1.63. The molecule has 0 spiro atoms. The van der Waals surface area contributed by atoms with Crippen molar-refractivity contribution >= 4 is 11.6 Å². The summed E-state index contributed by atoms with van der Waals surface area (Å²) in [5, 5.41) is 7.31. The Morgan fingerprint density at radius 3 is 2.94 bits per heavy atom. The zero-order valence-electron chi connectivity index (χ0n) is 9.52. The van der Waals surface area contributed by atoms with Crippen LogP contribution in [0.25, 0.3) is 5.78 Å². The van der Waals surface area contributed by atoms with Crippen molar-refractivity contribution in [2.45, 2.75) is 26.3 Å². The topological polar surface area (TPSA) is 55.1 Å². The summed E-state index contributed by atoms with van der Waals surface area (Å²) in [6.07, 6.45) is 6.91. The van der Waals surface area contributed by atoms with Gasteiger partial charge in [-0.2, -0.15) is 14.6 Å². The van der Waals surface area contributed by atoms with Crippen LogP contribution >= 0.6 is 0 Å². The molecule has 0 bridgehead atoms. The standard InChI is InChI=1S/C11H13N5/c1-5-11(3,4)15-9-6-8(2)14-10-12-7-13-16(9)10/h1,6-7,15H,2-4H3. The minimum absolute atomic E-state index is 0.438. The average Bonchev–Trinajstić information content (AvgIpc) is 2.65. The van der Waals surface area contributed by atoms with Gasteiger partial charge in [0, 0.05) is 11.8 Å². The first-order valence-electron chi connectivity index (χ1n) is 4.95. The number of aromatic nitrogens is 4. The smallest absolute Gasteiger partial charge is 0.254 e.